The third-order valence-electron chi connectivity index (χ3n) is 5.77. The fourth-order valence-corrected chi connectivity index (χ4v) is 4.44. The minimum Gasteiger partial charge on any atom is -0.345 e. The van der Waals surface area contributed by atoms with Gasteiger partial charge in [0.05, 0.1) is 6.54 Å². The lowest BCUT2D eigenvalue weighted by atomic mass is 10.0. The molecule has 3 aliphatic rings. The van der Waals surface area contributed by atoms with Gasteiger partial charge in [0, 0.05) is 26.2 Å². The molecule has 0 saturated carbocycles. The maximum atomic E-state index is 12.1. The Morgan fingerprint density at radius 3 is 2.77 bits per heavy atom. The van der Waals surface area contributed by atoms with E-state index in [4.69, 9.17) is 0 Å². The predicted molar refractivity (Wildman–Crippen MR) is 98.5 cm³/mol. The number of amides is 2. The Bertz CT molecular complexity index is 908. The molecule has 1 atom stereocenters. The van der Waals surface area contributed by atoms with E-state index < -0.39 is 0 Å². The van der Waals surface area contributed by atoms with Crippen molar-refractivity contribution in [2.45, 2.75) is 19.0 Å². The molecule has 26 heavy (non-hydrogen) atoms. The second-order valence-electron chi connectivity index (χ2n) is 7.38. The number of benzene rings is 2. The van der Waals surface area contributed by atoms with Crippen molar-refractivity contribution >= 4 is 11.8 Å². The first-order valence-corrected chi connectivity index (χ1v) is 9.19. The summed E-state index contributed by atoms with van der Waals surface area (Å²) in [5.74, 6) is 0.00301. The van der Waals surface area contributed by atoms with Crippen LogP contribution in [0.4, 0.5) is 0 Å². The van der Waals surface area contributed by atoms with Crippen LogP contribution in [0.5, 0.6) is 0 Å². The van der Waals surface area contributed by atoms with E-state index in [2.05, 4.69) is 52.7 Å². The van der Waals surface area contributed by atoms with Gasteiger partial charge in [-0.05, 0) is 34.2 Å². The van der Waals surface area contributed by atoms with E-state index in [-0.39, 0.29) is 24.4 Å². The zero-order valence-corrected chi connectivity index (χ0v) is 14.6. The lowest BCUT2D eigenvalue weighted by Gasteiger charge is -2.43. The maximum absolute atomic E-state index is 12.1. The monoisotopic (exact) mass is 347 g/mol. The van der Waals surface area contributed by atoms with Crippen molar-refractivity contribution in [2.24, 2.45) is 0 Å². The molecule has 5 rings (SSSR count). The maximum Gasteiger partial charge on any atom is 0.244 e. The van der Waals surface area contributed by atoms with Crippen molar-refractivity contribution in [1.82, 2.24) is 15.1 Å². The molecule has 5 nitrogen and oxygen atoms in total. The first-order valence-electron chi connectivity index (χ1n) is 9.19. The Hall–Kier alpha value is -2.66. The highest BCUT2D eigenvalue weighted by molar-refractivity contribution is 5.95. The molecule has 0 spiro atoms. The fourth-order valence-electron chi connectivity index (χ4n) is 4.44. The van der Waals surface area contributed by atoms with E-state index in [1.54, 1.807) is 4.90 Å². The van der Waals surface area contributed by atoms with Crippen molar-refractivity contribution in [3.63, 3.8) is 0 Å². The van der Waals surface area contributed by atoms with E-state index in [1.165, 1.54) is 27.8 Å². The minimum atomic E-state index is -0.344. The molecule has 2 fully saturated rings. The highest BCUT2D eigenvalue weighted by Gasteiger charge is 2.38. The van der Waals surface area contributed by atoms with Gasteiger partial charge in [0.15, 0.2) is 0 Å². The third-order valence-corrected chi connectivity index (χ3v) is 5.77. The molecule has 1 unspecified atom stereocenters. The number of nitrogens with one attached hydrogen (secondary N) is 1. The van der Waals surface area contributed by atoms with E-state index >= 15 is 0 Å². The molecule has 2 aromatic carbocycles. The van der Waals surface area contributed by atoms with Gasteiger partial charge in [-0.15, -0.1) is 0 Å². The second kappa shape index (κ2) is 5.95. The molecule has 2 aliphatic heterocycles. The topological polar surface area (TPSA) is 52.7 Å². The number of rotatable bonds is 2. The molecule has 2 heterocycles. The summed E-state index contributed by atoms with van der Waals surface area (Å²) in [6.07, 6.45) is 0.993. The molecule has 0 bridgehead atoms. The molecule has 0 aromatic heterocycles. The van der Waals surface area contributed by atoms with Crippen molar-refractivity contribution in [3.8, 4) is 11.1 Å². The predicted octanol–water partition coefficient (Wildman–Crippen LogP) is 1.40. The summed E-state index contributed by atoms with van der Waals surface area (Å²) in [4.78, 5) is 28.1. The third kappa shape index (κ3) is 2.51. The lowest BCUT2D eigenvalue weighted by Crippen LogP contribution is -2.65. The van der Waals surface area contributed by atoms with Crippen LogP contribution in [-0.4, -0.2) is 53.8 Å². The van der Waals surface area contributed by atoms with Crippen LogP contribution < -0.4 is 5.32 Å². The average molecular weight is 347 g/mol. The summed E-state index contributed by atoms with van der Waals surface area (Å²) in [5, 5.41) is 2.70. The average Bonchev–Trinajstić information content (AvgIpc) is 3.02. The number of hydrogen-bond donors (Lipinski definition) is 1. The molecule has 1 aliphatic carbocycles. The number of nitrogens with zero attached hydrogens (tertiary/aromatic N) is 2. The van der Waals surface area contributed by atoms with Gasteiger partial charge >= 0.3 is 0 Å². The van der Waals surface area contributed by atoms with E-state index in [9.17, 15) is 9.59 Å². The highest BCUT2D eigenvalue weighted by atomic mass is 16.2. The Balaban J connectivity index is 1.33. The van der Waals surface area contributed by atoms with Gasteiger partial charge in [0.1, 0.15) is 6.04 Å². The van der Waals surface area contributed by atoms with Crippen molar-refractivity contribution in [3.05, 3.63) is 59.2 Å². The Labute approximate surface area is 152 Å². The van der Waals surface area contributed by atoms with Crippen LogP contribution in [0.2, 0.25) is 0 Å². The Morgan fingerprint density at radius 2 is 1.85 bits per heavy atom. The van der Waals surface area contributed by atoms with Gasteiger partial charge in [-0.1, -0.05) is 42.5 Å². The summed E-state index contributed by atoms with van der Waals surface area (Å²) in [6.45, 7) is 3.01. The van der Waals surface area contributed by atoms with Crippen LogP contribution in [0.3, 0.4) is 0 Å². The number of piperazine rings is 2. The van der Waals surface area contributed by atoms with Crippen LogP contribution in [0.25, 0.3) is 11.1 Å². The SMILES string of the molecule is O=C1NCC(=O)N2CCN(Cc3ccc4c(c3)Cc3ccccc3-4)CC12. The van der Waals surface area contributed by atoms with Gasteiger partial charge in [-0.3, -0.25) is 14.5 Å². The highest BCUT2D eigenvalue weighted by Crippen LogP contribution is 2.36. The first-order chi connectivity index (χ1) is 12.7. The number of carbonyl (C=O) groups excluding carboxylic acids is 2. The van der Waals surface area contributed by atoms with Crippen LogP contribution in [0.15, 0.2) is 42.5 Å². The van der Waals surface area contributed by atoms with Crippen molar-refractivity contribution in [1.29, 1.82) is 0 Å². The zero-order valence-electron chi connectivity index (χ0n) is 14.6. The summed E-state index contributed by atoms with van der Waals surface area (Å²) >= 11 is 0. The molecule has 1 N–H and O–H groups in total. The van der Waals surface area contributed by atoms with Gasteiger partial charge in [-0.25, -0.2) is 0 Å². The summed E-state index contributed by atoms with van der Waals surface area (Å²) in [7, 11) is 0. The van der Waals surface area contributed by atoms with Gasteiger partial charge in [-0.2, -0.15) is 0 Å². The zero-order chi connectivity index (χ0) is 17.7. The Morgan fingerprint density at radius 1 is 1.00 bits per heavy atom. The summed E-state index contributed by atoms with van der Waals surface area (Å²) in [6, 6.07) is 15.0. The molecule has 2 amide bonds. The number of hydrogen-bond acceptors (Lipinski definition) is 3. The fraction of sp³-hybridized carbons (Fsp3) is 0.333. The van der Waals surface area contributed by atoms with Gasteiger partial charge in [0.25, 0.3) is 0 Å². The van der Waals surface area contributed by atoms with Crippen LogP contribution in [0, 0.1) is 0 Å². The normalized spacial score (nSPS) is 21.8. The molecule has 2 aromatic rings. The van der Waals surface area contributed by atoms with Gasteiger partial charge < -0.3 is 10.2 Å². The molecule has 5 heteroatoms. The Kier molecular flexibility index (Phi) is 3.57. The molecule has 0 radical (unpaired) electrons. The van der Waals surface area contributed by atoms with E-state index in [1.807, 2.05) is 0 Å². The second-order valence-corrected chi connectivity index (χ2v) is 7.38. The number of carbonyl (C=O) groups is 2. The first kappa shape index (κ1) is 15.6. The molecule has 2 saturated heterocycles. The van der Waals surface area contributed by atoms with Crippen molar-refractivity contribution in [2.75, 3.05) is 26.2 Å². The quantitative estimate of drug-likeness (QED) is 0.762. The summed E-state index contributed by atoms with van der Waals surface area (Å²) < 4.78 is 0. The molecular formula is C21H21N3O2. The van der Waals surface area contributed by atoms with E-state index in [0.717, 1.165) is 19.5 Å². The largest absolute Gasteiger partial charge is 0.345 e. The minimum absolute atomic E-state index is 0.0290. The number of fused-ring (bicyclic) bond motifs is 4. The van der Waals surface area contributed by atoms with Crippen LogP contribution in [0.1, 0.15) is 16.7 Å². The van der Waals surface area contributed by atoms with E-state index in [0.29, 0.717) is 13.1 Å². The molecular weight excluding hydrogens is 326 g/mol. The van der Waals surface area contributed by atoms with Gasteiger partial charge in [0.2, 0.25) is 11.8 Å². The standard InChI is InChI=1S/C21H21N3O2/c25-20-11-22-21(26)19-13-23(7-8-24(19)20)12-14-5-6-18-16(9-14)10-15-3-1-2-4-17(15)18/h1-6,9,19H,7-8,10-13H2,(H,22,26). The summed E-state index contributed by atoms with van der Waals surface area (Å²) in [5.41, 5.74) is 6.73. The van der Waals surface area contributed by atoms with Crippen molar-refractivity contribution < 1.29 is 9.59 Å². The smallest absolute Gasteiger partial charge is 0.244 e. The van der Waals surface area contributed by atoms with Crippen LogP contribution in [-0.2, 0) is 22.6 Å². The molecule has 132 valence electrons. The lowest BCUT2D eigenvalue weighted by molar-refractivity contribution is -0.149. The van der Waals surface area contributed by atoms with Crippen LogP contribution >= 0.6 is 0 Å².